The van der Waals surface area contributed by atoms with Gasteiger partial charge in [-0.15, -0.1) is 0 Å². The quantitative estimate of drug-likeness (QED) is 0.460. The van der Waals surface area contributed by atoms with E-state index in [9.17, 15) is 8.78 Å². The van der Waals surface area contributed by atoms with Crippen LogP contribution in [0.1, 0.15) is 13.3 Å². The van der Waals surface area contributed by atoms with Gasteiger partial charge in [0.1, 0.15) is 17.1 Å². The summed E-state index contributed by atoms with van der Waals surface area (Å²) in [5.41, 5.74) is 1.98. The van der Waals surface area contributed by atoms with Crippen LogP contribution in [0, 0.1) is 11.6 Å². The Balaban J connectivity index is 1.99. The van der Waals surface area contributed by atoms with E-state index in [0.29, 0.717) is 40.5 Å². The average molecular weight is 406 g/mol. The number of aromatic nitrogens is 3. The molecule has 0 spiro atoms. The summed E-state index contributed by atoms with van der Waals surface area (Å²) in [5.74, 6) is -0.278. The monoisotopic (exact) mass is 406 g/mol. The second-order valence-corrected chi connectivity index (χ2v) is 6.71. The minimum atomic E-state index is -0.905. The third kappa shape index (κ3) is 3.66. The maximum Gasteiger partial charge on any atom is 0.166 e. The molecule has 0 unspecified atom stereocenters. The van der Waals surface area contributed by atoms with Crippen molar-refractivity contribution in [1.29, 1.82) is 0 Å². The van der Waals surface area contributed by atoms with Gasteiger partial charge >= 0.3 is 0 Å². The topological polar surface area (TPSA) is 59.9 Å². The summed E-state index contributed by atoms with van der Waals surface area (Å²) >= 11 is 0. The van der Waals surface area contributed by atoms with Gasteiger partial charge in [0, 0.05) is 36.0 Å². The number of hydrogen-bond acceptors (Lipinski definition) is 5. The lowest BCUT2D eigenvalue weighted by Gasteiger charge is -2.15. The Morgan fingerprint density at radius 1 is 1.03 bits per heavy atom. The van der Waals surface area contributed by atoms with Crippen molar-refractivity contribution in [2.75, 3.05) is 19.0 Å². The lowest BCUT2D eigenvalue weighted by Crippen LogP contribution is -2.03. The molecule has 0 atom stereocenters. The molecule has 1 N–H and O–H groups in total. The third-order valence-electron chi connectivity index (χ3n) is 4.65. The summed E-state index contributed by atoms with van der Waals surface area (Å²) in [5, 5.41) is 3.72. The Labute approximate surface area is 172 Å². The zero-order valence-electron chi connectivity index (χ0n) is 16.6. The van der Waals surface area contributed by atoms with Crippen molar-refractivity contribution in [2.24, 2.45) is 0 Å². The molecule has 5 nitrogen and oxygen atoms in total. The molecule has 0 aliphatic heterocycles. The molecule has 30 heavy (non-hydrogen) atoms. The summed E-state index contributed by atoms with van der Waals surface area (Å²) in [6, 6.07) is 11.2. The van der Waals surface area contributed by atoms with E-state index in [-0.39, 0.29) is 5.56 Å². The molecule has 0 bridgehead atoms. The van der Waals surface area contributed by atoms with E-state index in [4.69, 9.17) is 9.72 Å². The molecule has 2 aromatic carbocycles. The molecular weight excluding hydrogens is 386 g/mol. The molecule has 0 radical (unpaired) electrons. The maximum atomic E-state index is 14.5. The van der Waals surface area contributed by atoms with Crippen LogP contribution in [-0.4, -0.2) is 28.6 Å². The molecule has 0 saturated heterocycles. The fourth-order valence-corrected chi connectivity index (χ4v) is 3.22. The van der Waals surface area contributed by atoms with Crippen LogP contribution in [0.5, 0.6) is 5.75 Å². The summed E-state index contributed by atoms with van der Waals surface area (Å²) in [7, 11) is 1.75. The molecule has 4 aromatic rings. The molecule has 0 fully saturated rings. The number of rotatable bonds is 6. The lowest BCUT2D eigenvalue weighted by atomic mass is 10.0. The number of ether oxygens (including phenoxy) is 1. The summed E-state index contributed by atoms with van der Waals surface area (Å²) in [4.78, 5) is 13.4. The van der Waals surface area contributed by atoms with Gasteiger partial charge in [0.2, 0.25) is 0 Å². The summed E-state index contributed by atoms with van der Waals surface area (Å²) < 4.78 is 34.2. The third-order valence-corrected chi connectivity index (χ3v) is 4.65. The van der Waals surface area contributed by atoms with Gasteiger partial charge in [0.25, 0.3) is 0 Å². The van der Waals surface area contributed by atoms with Crippen LogP contribution in [0.15, 0.2) is 54.9 Å². The minimum Gasteiger partial charge on any atom is -0.491 e. The van der Waals surface area contributed by atoms with Crippen LogP contribution in [0.4, 0.5) is 14.6 Å². The van der Waals surface area contributed by atoms with Crippen molar-refractivity contribution in [3.8, 4) is 28.3 Å². The van der Waals surface area contributed by atoms with E-state index in [0.717, 1.165) is 18.1 Å². The first kappa shape index (κ1) is 19.7. The SMILES string of the molecule is CCCOc1cc(-c2cccc(F)c2F)cc2c(NC)nc(-c3cccnc3)nc12. The number of anilines is 1. The number of halogens is 2. The van der Waals surface area contributed by atoms with Crippen molar-refractivity contribution < 1.29 is 13.5 Å². The van der Waals surface area contributed by atoms with Gasteiger partial charge in [-0.25, -0.2) is 18.7 Å². The molecule has 0 amide bonds. The number of nitrogens with zero attached hydrogens (tertiary/aromatic N) is 3. The second kappa shape index (κ2) is 8.41. The van der Waals surface area contributed by atoms with Gasteiger partial charge in [0.05, 0.1) is 6.61 Å². The first-order valence-corrected chi connectivity index (χ1v) is 9.63. The standard InChI is InChI=1S/C23H20F2N4O/c1-3-10-30-19-12-15(16-7-4-8-18(24)20(16)25)11-17-21(19)28-22(29-23(17)26-2)14-6-5-9-27-13-14/h4-9,11-13H,3,10H2,1-2H3,(H,26,28,29). The van der Waals surface area contributed by atoms with Crippen LogP contribution < -0.4 is 10.1 Å². The largest absolute Gasteiger partial charge is 0.491 e. The van der Waals surface area contributed by atoms with Crippen molar-refractivity contribution in [3.63, 3.8) is 0 Å². The van der Waals surface area contributed by atoms with Crippen molar-refractivity contribution in [3.05, 3.63) is 66.5 Å². The molecule has 0 saturated carbocycles. The Hall–Kier alpha value is -3.61. The highest BCUT2D eigenvalue weighted by Gasteiger charge is 2.18. The van der Waals surface area contributed by atoms with Gasteiger partial charge in [-0.2, -0.15) is 0 Å². The van der Waals surface area contributed by atoms with Gasteiger partial charge in [-0.3, -0.25) is 4.98 Å². The number of benzene rings is 2. The van der Waals surface area contributed by atoms with Crippen LogP contribution in [0.2, 0.25) is 0 Å². The Morgan fingerprint density at radius 2 is 1.90 bits per heavy atom. The highest BCUT2D eigenvalue weighted by atomic mass is 19.2. The number of nitrogens with one attached hydrogen (secondary N) is 1. The van der Waals surface area contributed by atoms with E-state index in [1.54, 1.807) is 31.6 Å². The van der Waals surface area contributed by atoms with Gasteiger partial charge in [-0.1, -0.05) is 19.1 Å². The number of hydrogen-bond donors (Lipinski definition) is 1. The highest BCUT2D eigenvalue weighted by Crippen LogP contribution is 2.37. The fourth-order valence-electron chi connectivity index (χ4n) is 3.22. The molecule has 2 aromatic heterocycles. The van der Waals surface area contributed by atoms with Crippen molar-refractivity contribution >= 4 is 16.7 Å². The number of fused-ring (bicyclic) bond motifs is 1. The first-order chi connectivity index (χ1) is 14.6. The van der Waals surface area contributed by atoms with E-state index in [1.165, 1.54) is 12.1 Å². The summed E-state index contributed by atoms with van der Waals surface area (Å²) in [6.45, 7) is 2.46. The zero-order valence-corrected chi connectivity index (χ0v) is 16.6. The fraction of sp³-hybridized carbons (Fsp3) is 0.174. The van der Waals surface area contributed by atoms with Crippen LogP contribution in [-0.2, 0) is 0 Å². The van der Waals surface area contributed by atoms with Crippen LogP contribution >= 0.6 is 0 Å². The minimum absolute atomic E-state index is 0.150. The Morgan fingerprint density at radius 3 is 2.63 bits per heavy atom. The highest BCUT2D eigenvalue weighted by molar-refractivity contribution is 5.97. The molecule has 0 aliphatic carbocycles. The van der Waals surface area contributed by atoms with Gasteiger partial charge in [0.15, 0.2) is 17.5 Å². The Kier molecular flexibility index (Phi) is 5.52. The maximum absolute atomic E-state index is 14.5. The van der Waals surface area contributed by atoms with Crippen LogP contribution in [0.3, 0.4) is 0 Å². The second-order valence-electron chi connectivity index (χ2n) is 6.71. The zero-order chi connectivity index (χ0) is 21.1. The van der Waals surface area contributed by atoms with Gasteiger partial charge in [-0.05, 0) is 42.3 Å². The van der Waals surface area contributed by atoms with Gasteiger partial charge < -0.3 is 10.1 Å². The molecule has 4 rings (SSSR count). The van der Waals surface area contributed by atoms with E-state index in [2.05, 4.69) is 15.3 Å². The van der Waals surface area contributed by atoms with Crippen molar-refractivity contribution in [1.82, 2.24) is 15.0 Å². The molecular formula is C23H20F2N4O. The van der Waals surface area contributed by atoms with Crippen molar-refractivity contribution in [2.45, 2.75) is 13.3 Å². The average Bonchev–Trinajstić information content (AvgIpc) is 2.79. The predicted octanol–water partition coefficient (Wildman–Crippen LogP) is 5.47. The van der Waals surface area contributed by atoms with Crippen LogP contribution in [0.25, 0.3) is 33.4 Å². The molecule has 7 heteroatoms. The predicted molar refractivity (Wildman–Crippen MR) is 113 cm³/mol. The molecule has 2 heterocycles. The van der Waals surface area contributed by atoms with E-state index in [1.807, 2.05) is 19.1 Å². The molecule has 0 aliphatic rings. The molecule has 152 valence electrons. The number of pyridine rings is 1. The van der Waals surface area contributed by atoms with E-state index < -0.39 is 11.6 Å². The smallest absolute Gasteiger partial charge is 0.166 e. The lowest BCUT2D eigenvalue weighted by molar-refractivity contribution is 0.320. The van der Waals surface area contributed by atoms with E-state index >= 15 is 0 Å². The normalized spacial score (nSPS) is 10.9. The Bertz CT molecular complexity index is 1200. The first-order valence-electron chi connectivity index (χ1n) is 9.63. The summed E-state index contributed by atoms with van der Waals surface area (Å²) in [6.07, 6.45) is 4.16.